The highest BCUT2D eigenvalue weighted by Crippen LogP contribution is 2.37. The van der Waals surface area contributed by atoms with Crippen molar-refractivity contribution >= 4 is 5.97 Å². The fourth-order valence-electron chi connectivity index (χ4n) is 1.99. The number of rotatable bonds is 5. The summed E-state index contributed by atoms with van der Waals surface area (Å²) in [6.07, 6.45) is 3.33. The van der Waals surface area contributed by atoms with Crippen molar-refractivity contribution in [3.05, 3.63) is 36.0 Å². The van der Waals surface area contributed by atoms with Gasteiger partial charge in [0, 0.05) is 0 Å². The molecule has 0 N–H and O–H groups in total. The molecule has 0 radical (unpaired) electrons. The Kier molecular flexibility index (Phi) is 4.71. The predicted molar refractivity (Wildman–Crippen MR) is 66.0 cm³/mol. The molecule has 0 aromatic rings. The van der Waals surface area contributed by atoms with Crippen LogP contribution in [0.4, 0.5) is 0 Å². The van der Waals surface area contributed by atoms with Gasteiger partial charge in [0.05, 0.1) is 18.4 Å². The van der Waals surface area contributed by atoms with Gasteiger partial charge in [0.25, 0.3) is 0 Å². The average Bonchev–Trinajstić information content (AvgIpc) is 2.58. The number of hydrogen-bond donors (Lipinski definition) is 0. The first kappa shape index (κ1) is 13.2. The SMILES string of the molecule is C=CCC1=C(C)C(=C)CC1C(=O)OCCC#N. The molecule has 3 nitrogen and oxygen atoms in total. The summed E-state index contributed by atoms with van der Waals surface area (Å²) in [5.74, 6) is -0.491. The first-order valence-corrected chi connectivity index (χ1v) is 5.64. The van der Waals surface area contributed by atoms with Crippen LogP contribution in [0.15, 0.2) is 36.0 Å². The van der Waals surface area contributed by atoms with Gasteiger partial charge >= 0.3 is 5.97 Å². The minimum Gasteiger partial charge on any atom is -0.464 e. The van der Waals surface area contributed by atoms with E-state index < -0.39 is 0 Å². The zero-order valence-electron chi connectivity index (χ0n) is 10.2. The molecule has 0 aromatic heterocycles. The summed E-state index contributed by atoms with van der Waals surface area (Å²) in [4.78, 5) is 11.9. The van der Waals surface area contributed by atoms with Gasteiger partial charge in [-0.05, 0) is 30.9 Å². The topological polar surface area (TPSA) is 50.1 Å². The van der Waals surface area contributed by atoms with Crippen LogP contribution in [0, 0.1) is 17.2 Å². The fourth-order valence-corrected chi connectivity index (χ4v) is 1.99. The predicted octanol–water partition coefficient (Wildman–Crippen LogP) is 2.91. The second kappa shape index (κ2) is 6.05. The molecular formula is C14H17NO2. The Morgan fingerprint density at radius 1 is 1.71 bits per heavy atom. The molecule has 0 saturated carbocycles. The fraction of sp³-hybridized carbons (Fsp3) is 0.429. The number of carbonyl (C=O) groups excluding carboxylic acids is 1. The van der Waals surface area contributed by atoms with Gasteiger partial charge in [0.1, 0.15) is 6.61 Å². The van der Waals surface area contributed by atoms with Crippen molar-refractivity contribution in [1.29, 1.82) is 5.26 Å². The van der Waals surface area contributed by atoms with E-state index in [-0.39, 0.29) is 24.9 Å². The number of nitrogens with zero attached hydrogens (tertiary/aromatic N) is 1. The van der Waals surface area contributed by atoms with Crippen molar-refractivity contribution in [2.45, 2.75) is 26.2 Å². The third kappa shape index (κ3) is 3.07. The van der Waals surface area contributed by atoms with Crippen LogP contribution in [0.2, 0.25) is 0 Å². The molecule has 1 aliphatic rings. The monoisotopic (exact) mass is 231 g/mol. The summed E-state index contributed by atoms with van der Waals surface area (Å²) in [5, 5.41) is 8.39. The molecule has 0 saturated heterocycles. The highest BCUT2D eigenvalue weighted by atomic mass is 16.5. The number of ether oxygens (including phenoxy) is 1. The molecule has 1 atom stereocenters. The lowest BCUT2D eigenvalue weighted by Crippen LogP contribution is -2.18. The first-order valence-electron chi connectivity index (χ1n) is 5.64. The lowest BCUT2D eigenvalue weighted by atomic mass is 9.98. The second-order valence-electron chi connectivity index (χ2n) is 4.08. The summed E-state index contributed by atoms with van der Waals surface area (Å²) in [6, 6.07) is 1.94. The van der Waals surface area contributed by atoms with Crippen molar-refractivity contribution in [3.8, 4) is 6.07 Å². The standard InChI is InChI=1S/C14H17NO2/c1-4-6-12-11(3)10(2)9-13(12)14(16)17-8-5-7-15/h4,13H,1-2,5-6,8-9H2,3H3. The molecule has 1 rings (SSSR count). The molecule has 0 amide bonds. The third-order valence-corrected chi connectivity index (χ3v) is 2.99. The van der Waals surface area contributed by atoms with Gasteiger partial charge in [-0.2, -0.15) is 5.26 Å². The smallest absolute Gasteiger partial charge is 0.313 e. The number of nitriles is 1. The summed E-state index contributed by atoms with van der Waals surface area (Å²) >= 11 is 0. The molecule has 17 heavy (non-hydrogen) atoms. The molecule has 1 aliphatic carbocycles. The van der Waals surface area contributed by atoms with Crippen LogP contribution in [-0.2, 0) is 9.53 Å². The van der Waals surface area contributed by atoms with Crippen LogP contribution in [-0.4, -0.2) is 12.6 Å². The van der Waals surface area contributed by atoms with E-state index in [9.17, 15) is 4.79 Å². The number of esters is 1. The normalized spacial score (nSPS) is 19.1. The number of hydrogen-bond acceptors (Lipinski definition) is 3. The van der Waals surface area contributed by atoms with E-state index in [2.05, 4.69) is 13.2 Å². The first-order chi connectivity index (χ1) is 8.11. The van der Waals surface area contributed by atoms with Crippen molar-refractivity contribution in [1.82, 2.24) is 0 Å². The van der Waals surface area contributed by atoms with Crippen molar-refractivity contribution < 1.29 is 9.53 Å². The summed E-state index contributed by atoms with van der Waals surface area (Å²) in [6.45, 7) is 9.78. The Bertz CT molecular complexity index is 412. The summed E-state index contributed by atoms with van der Waals surface area (Å²) in [5.41, 5.74) is 3.13. The highest BCUT2D eigenvalue weighted by molar-refractivity contribution is 5.78. The van der Waals surface area contributed by atoms with Crippen LogP contribution in [0.3, 0.4) is 0 Å². The maximum absolute atomic E-state index is 11.9. The van der Waals surface area contributed by atoms with Crippen molar-refractivity contribution in [2.24, 2.45) is 5.92 Å². The highest BCUT2D eigenvalue weighted by Gasteiger charge is 2.31. The van der Waals surface area contributed by atoms with E-state index in [1.807, 2.05) is 13.0 Å². The van der Waals surface area contributed by atoms with Crippen LogP contribution in [0.5, 0.6) is 0 Å². The summed E-state index contributed by atoms with van der Waals surface area (Å²) in [7, 11) is 0. The quantitative estimate of drug-likeness (QED) is 0.415. The molecule has 0 heterocycles. The zero-order valence-corrected chi connectivity index (χ0v) is 10.2. The maximum atomic E-state index is 11.9. The van der Waals surface area contributed by atoms with E-state index in [1.165, 1.54) is 0 Å². The van der Waals surface area contributed by atoms with Crippen LogP contribution in [0.25, 0.3) is 0 Å². The Labute approximate surface area is 102 Å². The molecular weight excluding hydrogens is 214 g/mol. The second-order valence-corrected chi connectivity index (χ2v) is 4.08. The molecule has 0 aliphatic heterocycles. The Morgan fingerprint density at radius 3 is 3.00 bits per heavy atom. The molecule has 1 unspecified atom stereocenters. The van der Waals surface area contributed by atoms with Gasteiger partial charge in [0.2, 0.25) is 0 Å². The molecule has 90 valence electrons. The van der Waals surface area contributed by atoms with Gasteiger partial charge < -0.3 is 4.74 Å². The lowest BCUT2D eigenvalue weighted by molar-refractivity contribution is -0.146. The van der Waals surface area contributed by atoms with Gasteiger partial charge in [-0.1, -0.05) is 18.2 Å². The largest absolute Gasteiger partial charge is 0.464 e. The van der Waals surface area contributed by atoms with Crippen LogP contribution < -0.4 is 0 Å². The lowest BCUT2D eigenvalue weighted by Gasteiger charge is -2.12. The van der Waals surface area contributed by atoms with E-state index in [0.717, 1.165) is 16.7 Å². The third-order valence-electron chi connectivity index (χ3n) is 2.99. The number of carbonyl (C=O) groups is 1. The molecule has 0 aromatic carbocycles. The maximum Gasteiger partial charge on any atom is 0.313 e. The van der Waals surface area contributed by atoms with E-state index in [0.29, 0.717) is 12.8 Å². The minimum absolute atomic E-state index is 0.165. The van der Waals surface area contributed by atoms with Gasteiger partial charge in [-0.3, -0.25) is 4.79 Å². The van der Waals surface area contributed by atoms with Crippen LogP contribution >= 0.6 is 0 Å². The van der Waals surface area contributed by atoms with Crippen LogP contribution in [0.1, 0.15) is 26.2 Å². The van der Waals surface area contributed by atoms with E-state index in [1.54, 1.807) is 6.08 Å². The molecule has 0 spiro atoms. The Hall–Kier alpha value is -1.82. The van der Waals surface area contributed by atoms with E-state index >= 15 is 0 Å². The average molecular weight is 231 g/mol. The van der Waals surface area contributed by atoms with Crippen molar-refractivity contribution in [2.75, 3.05) is 6.61 Å². The van der Waals surface area contributed by atoms with E-state index in [4.69, 9.17) is 10.00 Å². The Morgan fingerprint density at radius 2 is 2.41 bits per heavy atom. The molecule has 3 heteroatoms. The van der Waals surface area contributed by atoms with Gasteiger partial charge in [-0.15, -0.1) is 6.58 Å². The molecule has 0 bridgehead atoms. The number of allylic oxidation sites excluding steroid dienone is 3. The zero-order chi connectivity index (χ0) is 12.8. The van der Waals surface area contributed by atoms with Crippen molar-refractivity contribution in [3.63, 3.8) is 0 Å². The van der Waals surface area contributed by atoms with Gasteiger partial charge in [0.15, 0.2) is 0 Å². The molecule has 0 fully saturated rings. The Balaban J connectivity index is 2.71. The summed E-state index contributed by atoms with van der Waals surface area (Å²) < 4.78 is 5.07. The minimum atomic E-state index is -0.255. The van der Waals surface area contributed by atoms with Gasteiger partial charge in [-0.25, -0.2) is 0 Å².